The van der Waals surface area contributed by atoms with Gasteiger partial charge in [-0.1, -0.05) is 29.3 Å². The van der Waals surface area contributed by atoms with Crippen molar-refractivity contribution < 1.29 is 9.84 Å². The highest BCUT2D eigenvalue weighted by atomic mass is 35.5. The van der Waals surface area contributed by atoms with Crippen LogP contribution >= 0.6 is 23.2 Å². The molecule has 0 saturated carbocycles. The van der Waals surface area contributed by atoms with Gasteiger partial charge in [-0.15, -0.1) is 0 Å². The van der Waals surface area contributed by atoms with Gasteiger partial charge < -0.3 is 20.1 Å². The Morgan fingerprint density at radius 3 is 2.82 bits per heavy atom. The number of aromatic nitrogens is 2. The van der Waals surface area contributed by atoms with Crippen LogP contribution in [-0.4, -0.2) is 34.4 Å². The molecule has 0 aliphatic carbocycles. The van der Waals surface area contributed by atoms with Crippen molar-refractivity contribution in [2.24, 2.45) is 0 Å². The lowest BCUT2D eigenvalue weighted by Crippen LogP contribution is -2.33. The van der Waals surface area contributed by atoms with Crippen LogP contribution in [0, 0.1) is 0 Å². The van der Waals surface area contributed by atoms with Crippen molar-refractivity contribution in [3.63, 3.8) is 0 Å². The summed E-state index contributed by atoms with van der Waals surface area (Å²) in [4.78, 5) is 14.4. The normalized spacial score (nSPS) is 22.5. The SMILES string of the molecule is O=c1[nH]cc(O)n1C1CNCCOC1c1ccc(Cl)c(Cl)c1. The zero-order valence-electron chi connectivity index (χ0n) is 11.6. The summed E-state index contributed by atoms with van der Waals surface area (Å²) in [6.07, 6.45) is 0.836. The second-order valence-electron chi connectivity index (χ2n) is 5.06. The molecule has 2 unspecified atom stereocenters. The topological polar surface area (TPSA) is 79.3 Å². The van der Waals surface area contributed by atoms with E-state index in [9.17, 15) is 9.90 Å². The van der Waals surface area contributed by atoms with Gasteiger partial charge >= 0.3 is 5.69 Å². The highest BCUT2D eigenvalue weighted by Gasteiger charge is 2.30. The Balaban J connectivity index is 2.04. The maximum Gasteiger partial charge on any atom is 0.328 e. The molecule has 0 amide bonds. The molecule has 3 N–H and O–H groups in total. The van der Waals surface area contributed by atoms with Crippen molar-refractivity contribution in [3.8, 4) is 5.88 Å². The molecule has 2 heterocycles. The largest absolute Gasteiger partial charge is 0.493 e. The van der Waals surface area contributed by atoms with Gasteiger partial charge in [-0.3, -0.25) is 4.57 Å². The van der Waals surface area contributed by atoms with E-state index in [1.165, 1.54) is 10.8 Å². The van der Waals surface area contributed by atoms with Crippen molar-refractivity contribution in [2.75, 3.05) is 19.7 Å². The zero-order valence-corrected chi connectivity index (χ0v) is 13.1. The molecule has 2 atom stereocenters. The van der Waals surface area contributed by atoms with Crippen LogP contribution in [0.25, 0.3) is 0 Å². The number of imidazole rings is 1. The number of hydrogen-bond acceptors (Lipinski definition) is 4. The number of rotatable bonds is 2. The first-order valence-corrected chi connectivity index (χ1v) is 7.59. The summed E-state index contributed by atoms with van der Waals surface area (Å²) in [7, 11) is 0. The van der Waals surface area contributed by atoms with Gasteiger partial charge in [-0.25, -0.2) is 4.79 Å². The quantitative estimate of drug-likeness (QED) is 0.780. The number of halogens is 2. The fraction of sp³-hybridized carbons (Fsp3) is 0.357. The Labute approximate surface area is 136 Å². The van der Waals surface area contributed by atoms with Gasteiger partial charge in [-0.2, -0.15) is 0 Å². The second-order valence-corrected chi connectivity index (χ2v) is 5.87. The lowest BCUT2D eigenvalue weighted by molar-refractivity contribution is 0.0317. The molecular weight excluding hydrogens is 329 g/mol. The van der Waals surface area contributed by atoms with Gasteiger partial charge in [0.25, 0.3) is 0 Å². The first-order chi connectivity index (χ1) is 10.6. The van der Waals surface area contributed by atoms with E-state index in [1.54, 1.807) is 12.1 Å². The van der Waals surface area contributed by atoms with Crippen molar-refractivity contribution in [1.29, 1.82) is 0 Å². The minimum Gasteiger partial charge on any atom is -0.493 e. The van der Waals surface area contributed by atoms with Gasteiger partial charge in [0.2, 0.25) is 5.88 Å². The summed E-state index contributed by atoms with van der Waals surface area (Å²) in [5, 5.41) is 14.0. The number of aromatic amines is 1. The molecule has 1 aromatic heterocycles. The van der Waals surface area contributed by atoms with Crippen LogP contribution in [0.4, 0.5) is 0 Å². The predicted molar refractivity (Wildman–Crippen MR) is 83.8 cm³/mol. The molecule has 1 saturated heterocycles. The lowest BCUT2D eigenvalue weighted by atomic mass is 10.0. The number of benzene rings is 1. The fourth-order valence-corrected chi connectivity index (χ4v) is 2.96. The third kappa shape index (κ3) is 2.87. The number of H-pyrrole nitrogens is 1. The van der Waals surface area contributed by atoms with Crippen LogP contribution in [0.15, 0.2) is 29.2 Å². The van der Waals surface area contributed by atoms with Crippen LogP contribution in [0.3, 0.4) is 0 Å². The van der Waals surface area contributed by atoms with E-state index in [4.69, 9.17) is 27.9 Å². The summed E-state index contributed by atoms with van der Waals surface area (Å²) < 4.78 is 7.16. The van der Waals surface area contributed by atoms with Crippen LogP contribution in [-0.2, 0) is 4.74 Å². The molecular formula is C14H15Cl2N3O3. The summed E-state index contributed by atoms with van der Waals surface area (Å²) in [5.74, 6) is -0.132. The van der Waals surface area contributed by atoms with Crippen LogP contribution in [0.1, 0.15) is 17.7 Å². The van der Waals surface area contributed by atoms with E-state index in [1.807, 2.05) is 6.07 Å². The van der Waals surface area contributed by atoms with Crippen molar-refractivity contribution in [2.45, 2.75) is 12.1 Å². The number of hydrogen-bond donors (Lipinski definition) is 3. The Hall–Kier alpha value is -1.47. The number of aromatic hydroxyl groups is 1. The maximum absolute atomic E-state index is 12.0. The highest BCUT2D eigenvalue weighted by molar-refractivity contribution is 6.42. The van der Waals surface area contributed by atoms with E-state index in [-0.39, 0.29) is 11.6 Å². The lowest BCUT2D eigenvalue weighted by Gasteiger charge is -2.26. The fourth-order valence-electron chi connectivity index (χ4n) is 2.65. The second kappa shape index (κ2) is 6.34. The van der Waals surface area contributed by atoms with Gasteiger partial charge in [0.1, 0.15) is 6.10 Å². The van der Waals surface area contributed by atoms with E-state index in [0.717, 1.165) is 5.56 Å². The zero-order chi connectivity index (χ0) is 15.7. The van der Waals surface area contributed by atoms with E-state index in [2.05, 4.69) is 10.3 Å². The third-order valence-corrected chi connectivity index (χ3v) is 4.41. The molecule has 22 heavy (non-hydrogen) atoms. The monoisotopic (exact) mass is 343 g/mol. The number of nitrogens with zero attached hydrogens (tertiary/aromatic N) is 1. The molecule has 8 heteroatoms. The Morgan fingerprint density at radius 1 is 1.32 bits per heavy atom. The first-order valence-electron chi connectivity index (χ1n) is 6.84. The molecule has 6 nitrogen and oxygen atoms in total. The molecule has 0 spiro atoms. The van der Waals surface area contributed by atoms with Crippen LogP contribution < -0.4 is 11.0 Å². The minimum absolute atomic E-state index is 0.132. The van der Waals surface area contributed by atoms with Crippen molar-refractivity contribution >= 4 is 23.2 Å². The van der Waals surface area contributed by atoms with Gasteiger partial charge in [-0.05, 0) is 17.7 Å². The Morgan fingerprint density at radius 2 is 2.14 bits per heavy atom. The molecule has 1 aliphatic heterocycles. The van der Waals surface area contributed by atoms with E-state index >= 15 is 0 Å². The average Bonchev–Trinajstić information content (AvgIpc) is 2.71. The third-order valence-electron chi connectivity index (χ3n) is 3.67. The van der Waals surface area contributed by atoms with E-state index in [0.29, 0.717) is 29.7 Å². The van der Waals surface area contributed by atoms with E-state index < -0.39 is 12.1 Å². The maximum atomic E-state index is 12.0. The van der Waals surface area contributed by atoms with Gasteiger partial charge in [0.05, 0.1) is 28.9 Å². The highest BCUT2D eigenvalue weighted by Crippen LogP contribution is 2.35. The molecule has 0 radical (unpaired) electrons. The number of nitrogens with one attached hydrogen (secondary N) is 2. The molecule has 2 aromatic rings. The smallest absolute Gasteiger partial charge is 0.328 e. The summed E-state index contributed by atoms with van der Waals surface area (Å²) in [5.41, 5.74) is 0.412. The summed E-state index contributed by atoms with van der Waals surface area (Å²) in [6, 6.07) is 4.82. The van der Waals surface area contributed by atoms with Gasteiger partial charge in [0, 0.05) is 13.1 Å². The van der Waals surface area contributed by atoms with Gasteiger partial charge in [0.15, 0.2) is 0 Å². The molecule has 1 fully saturated rings. The molecule has 118 valence electrons. The summed E-state index contributed by atoms with van der Waals surface area (Å²) >= 11 is 12.0. The van der Waals surface area contributed by atoms with Crippen LogP contribution in [0.2, 0.25) is 10.0 Å². The van der Waals surface area contributed by atoms with Crippen molar-refractivity contribution in [3.05, 3.63) is 50.5 Å². The first kappa shape index (κ1) is 15.4. The predicted octanol–water partition coefficient (Wildman–Crippen LogP) is 2.09. The number of ether oxygens (including phenoxy) is 1. The molecule has 1 aliphatic rings. The summed E-state index contributed by atoms with van der Waals surface area (Å²) in [6.45, 7) is 1.63. The molecule has 3 rings (SSSR count). The molecule has 1 aromatic carbocycles. The van der Waals surface area contributed by atoms with Crippen LogP contribution in [0.5, 0.6) is 5.88 Å². The Bertz CT molecular complexity index is 728. The Kier molecular flexibility index (Phi) is 4.44. The minimum atomic E-state index is -0.427. The molecule has 0 bridgehead atoms. The average molecular weight is 344 g/mol. The standard InChI is InChI=1S/C14H15Cl2N3O3/c15-9-2-1-8(5-10(9)16)13-11(6-17-3-4-22-13)19-12(20)7-18-14(19)21/h1-2,5,7,11,13,17,20H,3-4,6H2,(H,18,21). The van der Waals surface area contributed by atoms with Crippen molar-refractivity contribution in [1.82, 2.24) is 14.9 Å².